The molecule has 0 aliphatic carbocycles. The van der Waals surface area contributed by atoms with Gasteiger partial charge in [0.2, 0.25) is 0 Å². The van der Waals surface area contributed by atoms with Crippen LogP contribution in [0, 0.1) is 0 Å². The van der Waals surface area contributed by atoms with E-state index in [0.717, 1.165) is 12.6 Å². The molecule has 2 unspecified atom stereocenters. The summed E-state index contributed by atoms with van der Waals surface area (Å²) in [7, 11) is 2.22. The number of nitrogens with one attached hydrogen (secondary N) is 1. The molecule has 3 heteroatoms. The molecule has 1 rings (SSSR count). The number of piperazine rings is 1. The van der Waals surface area contributed by atoms with E-state index in [2.05, 4.69) is 42.9 Å². The van der Waals surface area contributed by atoms with Gasteiger partial charge < -0.3 is 10.2 Å². The van der Waals surface area contributed by atoms with Gasteiger partial charge in [0, 0.05) is 31.7 Å². The molecule has 0 bridgehead atoms. The first-order valence-electron chi connectivity index (χ1n) is 6.79. The highest BCUT2D eigenvalue weighted by Gasteiger charge is 2.20. The van der Waals surface area contributed by atoms with Crippen LogP contribution in [0.4, 0.5) is 0 Å². The maximum atomic E-state index is 3.47. The number of hydrogen-bond acceptors (Lipinski definition) is 3. The van der Waals surface area contributed by atoms with Crippen LogP contribution in [0.25, 0.3) is 0 Å². The van der Waals surface area contributed by atoms with Crippen molar-refractivity contribution in [2.24, 2.45) is 0 Å². The first-order chi connectivity index (χ1) is 7.63. The Morgan fingerprint density at radius 3 is 2.75 bits per heavy atom. The largest absolute Gasteiger partial charge is 0.315 e. The lowest BCUT2D eigenvalue weighted by molar-refractivity contribution is 0.0979. The first-order valence-corrected chi connectivity index (χ1v) is 6.79. The minimum absolute atomic E-state index is 0.674. The predicted molar refractivity (Wildman–Crippen MR) is 70.9 cm³/mol. The van der Waals surface area contributed by atoms with E-state index in [1.807, 2.05) is 0 Å². The summed E-state index contributed by atoms with van der Waals surface area (Å²) in [6, 6.07) is 1.40. The standard InChI is InChI=1S/C13H29N3/c1-5-14-12(2)7-6-8-16-10-9-15(4)11-13(16)3/h12-14H,5-11H2,1-4H3. The second kappa shape index (κ2) is 7.25. The molecule has 2 atom stereocenters. The number of rotatable bonds is 6. The first kappa shape index (κ1) is 13.9. The van der Waals surface area contributed by atoms with E-state index in [0.29, 0.717) is 6.04 Å². The third-order valence-electron chi connectivity index (χ3n) is 3.60. The highest BCUT2D eigenvalue weighted by Crippen LogP contribution is 2.09. The fourth-order valence-electron chi connectivity index (χ4n) is 2.56. The minimum Gasteiger partial charge on any atom is -0.315 e. The van der Waals surface area contributed by atoms with Crippen molar-refractivity contribution in [3.8, 4) is 0 Å². The van der Waals surface area contributed by atoms with Crippen molar-refractivity contribution in [3.05, 3.63) is 0 Å². The monoisotopic (exact) mass is 227 g/mol. The van der Waals surface area contributed by atoms with Gasteiger partial charge in [-0.2, -0.15) is 0 Å². The van der Waals surface area contributed by atoms with Crippen molar-refractivity contribution in [2.45, 2.75) is 45.7 Å². The molecule has 16 heavy (non-hydrogen) atoms. The molecule has 0 amide bonds. The summed E-state index contributed by atoms with van der Waals surface area (Å²) in [6.07, 6.45) is 2.62. The van der Waals surface area contributed by atoms with E-state index < -0.39 is 0 Å². The molecule has 1 fully saturated rings. The fourth-order valence-corrected chi connectivity index (χ4v) is 2.56. The van der Waals surface area contributed by atoms with Gasteiger partial charge in [-0.05, 0) is 46.8 Å². The average molecular weight is 227 g/mol. The van der Waals surface area contributed by atoms with Crippen molar-refractivity contribution >= 4 is 0 Å². The van der Waals surface area contributed by atoms with Crippen molar-refractivity contribution in [1.82, 2.24) is 15.1 Å². The summed E-state index contributed by atoms with van der Waals surface area (Å²) < 4.78 is 0. The van der Waals surface area contributed by atoms with Crippen LogP contribution in [-0.4, -0.2) is 61.7 Å². The van der Waals surface area contributed by atoms with E-state index >= 15 is 0 Å². The predicted octanol–water partition coefficient (Wildman–Crippen LogP) is 1.40. The van der Waals surface area contributed by atoms with Gasteiger partial charge in [-0.15, -0.1) is 0 Å². The molecule has 3 nitrogen and oxygen atoms in total. The SMILES string of the molecule is CCNC(C)CCCN1CCN(C)CC1C. The molecule has 1 aliphatic heterocycles. The van der Waals surface area contributed by atoms with Crippen LogP contribution in [0.1, 0.15) is 33.6 Å². The van der Waals surface area contributed by atoms with Crippen LogP contribution >= 0.6 is 0 Å². The van der Waals surface area contributed by atoms with Crippen LogP contribution in [0.5, 0.6) is 0 Å². The van der Waals surface area contributed by atoms with Crippen molar-refractivity contribution in [3.63, 3.8) is 0 Å². The second-order valence-electron chi connectivity index (χ2n) is 5.25. The Labute approximate surface area is 101 Å². The Morgan fingerprint density at radius 2 is 2.12 bits per heavy atom. The van der Waals surface area contributed by atoms with Crippen LogP contribution in [0.3, 0.4) is 0 Å². The van der Waals surface area contributed by atoms with E-state index in [-0.39, 0.29) is 0 Å². The van der Waals surface area contributed by atoms with Crippen LogP contribution in [0.15, 0.2) is 0 Å². The molecule has 1 saturated heterocycles. The Bertz CT molecular complexity index is 184. The lowest BCUT2D eigenvalue weighted by Crippen LogP contribution is -2.50. The van der Waals surface area contributed by atoms with E-state index in [1.165, 1.54) is 39.0 Å². The Hall–Kier alpha value is -0.120. The Morgan fingerprint density at radius 1 is 1.38 bits per heavy atom. The maximum absolute atomic E-state index is 3.47. The van der Waals surface area contributed by atoms with Crippen LogP contribution in [-0.2, 0) is 0 Å². The van der Waals surface area contributed by atoms with Gasteiger partial charge in [0.25, 0.3) is 0 Å². The lowest BCUT2D eigenvalue weighted by Gasteiger charge is -2.38. The smallest absolute Gasteiger partial charge is 0.0195 e. The van der Waals surface area contributed by atoms with E-state index in [1.54, 1.807) is 0 Å². The quantitative estimate of drug-likeness (QED) is 0.740. The van der Waals surface area contributed by atoms with Gasteiger partial charge in [-0.1, -0.05) is 6.92 Å². The molecular weight excluding hydrogens is 198 g/mol. The topological polar surface area (TPSA) is 18.5 Å². The highest BCUT2D eigenvalue weighted by atomic mass is 15.3. The molecule has 0 radical (unpaired) electrons. The molecular formula is C13H29N3. The lowest BCUT2D eigenvalue weighted by atomic mass is 10.1. The third kappa shape index (κ3) is 4.81. The van der Waals surface area contributed by atoms with Gasteiger partial charge in [0.1, 0.15) is 0 Å². The molecule has 1 aliphatic rings. The molecule has 0 aromatic carbocycles. The maximum Gasteiger partial charge on any atom is 0.0195 e. The molecule has 0 spiro atoms. The van der Waals surface area contributed by atoms with Crippen molar-refractivity contribution in [2.75, 3.05) is 39.8 Å². The Balaban J connectivity index is 2.12. The molecule has 1 N–H and O–H groups in total. The van der Waals surface area contributed by atoms with E-state index in [9.17, 15) is 0 Å². The zero-order chi connectivity index (χ0) is 12.0. The van der Waals surface area contributed by atoms with Crippen LogP contribution in [0.2, 0.25) is 0 Å². The van der Waals surface area contributed by atoms with Crippen LogP contribution < -0.4 is 5.32 Å². The molecule has 0 aromatic heterocycles. The van der Waals surface area contributed by atoms with Gasteiger partial charge in [0.05, 0.1) is 0 Å². The zero-order valence-corrected chi connectivity index (χ0v) is 11.5. The van der Waals surface area contributed by atoms with Crippen molar-refractivity contribution in [1.29, 1.82) is 0 Å². The molecule has 0 saturated carbocycles. The summed E-state index contributed by atoms with van der Waals surface area (Å²) >= 11 is 0. The number of hydrogen-bond donors (Lipinski definition) is 1. The number of likely N-dealkylation sites (N-methyl/N-ethyl adjacent to an activating group) is 1. The normalized spacial score (nSPS) is 25.9. The third-order valence-corrected chi connectivity index (χ3v) is 3.60. The average Bonchev–Trinajstić information content (AvgIpc) is 2.22. The highest BCUT2D eigenvalue weighted by molar-refractivity contribution is 4.77. The summed E-state index contributed by atoms with van der Waals surface area (Å²) in [5, 5.41) is 3.47. The summed E-state index contributed by atoms with van der Waals surface area (Å²) in [4.78, 5) is 5.07. The summed E-state index contributed by atoms with van der Waals surface area (Å²) in [6.45, 7) is 12.9. The minimum atomic E-state index is 0.674. The number of nitrogens with zero attached hydrogens (tertiary/aromatic N) is 2. The van der Waals surface area contributed by atoms with Gasteiger partial charge in [0.15, 0.2) is 0 Å². The molecule has 1 heterocycles. The summed E-state index contributed by atoms with van der Waals surface area (Å²) in [5.74, 6) is 0. The van der Waals surface area contributed by atoms with Gasteiger partial charge >= 0.3 is 0 Å². The van der Waals surface area contributed by atoms with Crippen molar-refractivity contribution < 1.29 is 0 Å². The Kier molecular flexibility index (Phi) is 6.32. The summed E-state index contributed by atoms with van der Waals surface area (Å²) in [5.41, 5.74) is 0. The second-order valence-corrected chi connectivity index (χ2v) is 5.25. The zero-order valence-electron chi connectivity index (χ0n) is 11.5. The molecule has 0 aromatic rings. The molecule has 96 valence electrons. The van der Waals surface area contributed by atoms with Gasteiger partial charge in [-0.3, -0.25) is 4.90 Å². The van der Waals surface area contributed by atoms with Gasteiger partial charge in [-0.25, -0.2) is 0 Å². The fraction of sp³-hybridized carbons (Fsp3) is 1.00. The van der Waals surface area contributed by atoms with E-state index in [4.69, 9.17) is 0 Å².